The van der Waals surface area contributed by atoms with E-state index in [-0.39, 0.29) is 6.10 Å². The Morgan fingerprint density at radius 1 is 1.12 bits per heavy atom. The first-order valence-electron chi connectivity index (χ1n) is 6.84. The van der Waals surface area contributed by atoms with E-state index in [1.54, 1.807) is 0 Å². The zero-order chi connectivity index (χ0) is 11.9. The van der Waals surface area contributed by atoms with Crippen LogP contribution in [0.25, 0.3) is 0 Å². The van der Waals surface area contributed by atoms with Gasteiger partial charge in [0.2, 0.25) is 0 Å². The van der Waals surface area contributed by atoms with Crippen molar-refractivity contribution < 1.29 is 5.11 Å². The summed E-state index contributed by atoms with van der Waals surface area (Å²) in [7, 11) is 0. The molecule has 2 rings (SSSR count). The molecule has 2 fully saturated rings. The molecule has 0 aromatic heterocycles. The summed E-state index contributed by atoms with van der Waals surface area (Å²) in [5, 5.41) is 10.2. The fraction of sp³-hybridized carbons (Fsp3) is 0.867. The Labute approximate surface area is 99.9 Å². The Balaban J connectivity index is 2.18. The normalized spacial score (nSPS) is 48.5. The maximum absolute atomic E-state index is 10.2. The van der Waals surface area contributed by atoms with Gasteiger partial charge in [-0.25, -0.2) is 0 Å². The topological polar surface area (TPSA) is 20.2 Å². The second kappa shape index (κ2) is 4.52. The highest BCUT2D eigenvalue weighted by Crippen LogP contribution is 2.49. The molecule has 0 aromatic carbocycles. The van der Waals surface area contributed by atoms with Crippen molar-refractivity contribution in [1.29, 1.82) is 0 Å². The highest BCUT2D eigenvalue weighted by molar-refractivity contribution is 5.02. The van der Waals surface area contributed by atoms with Crippen LogP contribution < -0.4 is 0 Å². The number of hydrogen-bond acceptors (Lipinski definition) is 1. The van der Waals surface area contributed by atoms with Gasteiger partial charge >= 0.3 is 0 Å². The molecule has 0 aliphatic heterocycles. The quantitative estimate of drug-likeness (QED) is 0.672. The van der Waals surface area contributed by atoms with Crippen molar-refractivity contribution in [2.45, 2.75) is 52.6 Å². The van der Waals surface area contributed by atoms with Crippen LogP contribution in [0.15, 0.2) is 12.2 Å². The van der Waals surface area contributed by atoms with E-state index < -0.39 is 0 Å². The number of fused-ring (bicyclic) bond motifs is 1. The zero-order valence-electron chi connectivity index (χ0n) is 10.9. The van der Waals surface area contributed by atoms with E-state index in [1.807, 2.05) is 0 Å². The van der Waals surface area contributed by atoms with Crippen molar-refractivity contribution in [1.82, 2.24) is 0 Å². The first-order chi connectivity index (χ1) is 7.50. The van der Waals surface area contributed by atoms with Gasteiger partial charge in [0.25, 0.3) is 0 Å². The average Bonchev–Trinajstić information content (AvgIpc) is 2.39. The lowest BCUT2D eigenvalue weighted by Crippen LogP contribution is -2.25. The summed E-state index contributed by atoms with van der Waals surface area (Å²) in [5.41, 5.74) is 1.35. The summed E-state index contributed by atoms with van der Waals surface area (Å²) in [6.07, 6.45) is 4.79. The molecule has 2 aliphatic carbocycles. The molecule has 0 saturated heterocycles. The number of rotatable bonds is 1. The Morgan fingerprint density at radius 3 is 2.44 bits per heavy atom. The van der Waals surface area contributed by atoms with Gasteiger partial charge in [0.05, 0.1) is 6.10 Å². The number of aliphatic hydroxyl groups excluding tert-OH is 1. The molecular formula is C15H26O. The van der Waals surface area contributed by atoms with Crippen molar-refractivity contribution >= 4 is 0 Å². The molecule has 0 amide bonds. The second-order valence-corrected chi connectivity index (χ2v) is 6.36. The Kier molecular flexibility index (Phi) is 3.44. The predicted octanol–water partition coefficient (Wildman–Crippen LogP) is 3.63. The van der Waals surface area contributed by atoms with Crippen LogP contribution >= 0.6 is 0 Å². The third-order valence-corrected chi connectivity index (χ3v) is 5.16. The first-order valence-corrected chi connectivity index (χ1v) is 6.84. The summed E-state index contributed by atoms with van der Waals surface area (Å²) in [4.78, 5) is 0. The van der Waals surface area contributed by atoms with Crippen molar-refractivity contribution in [3.8, 4) is 0 Å². The van der Waals surface area contributed by atoms with Gasteiger partial charge < -0.3 is 5.11 Å². The van der Waals surface area contributed by atoms with Crippen LogP contribution in [0.5, 0.6) is 0 Å². The minimum absolute atomic E-state index is 0.0427. The molecule has 0 aromatic rings. The molecule has 0 heterocycles. The van der Waals surface area contributed by atoms with Crippen LogP contribution in [0.1, 0.15) is 46.5 Å². The molecule has 1 heteroatoms. The number of allylic oxidation sites excluding steroid dienone is 1. The molecule has 6 atom stereocenters. The summed E-state index contributed by atoms with van der Waals surface area (Å²) in [5.74, 6) is 3.37. The lowest BCUT2D eigenvalue weighted by Gasteiger charge is -2.27. The summed E-state index contributed by atoms with van der Waals surface area (Å²) < 4.78 is 0. The Hall–Kier alpha value is -0.300. The molecular weight excluding hydrogens is 196 g/mol. The molecule has 2 aliphatic rings. The minimum Gasteiger partial charge on any atom is -0.393 e. The summed E-state index contributed by atoms with van der Waals surface area (Å²) >= 11 is 0. The molecule has 3 unspecified atom stereocenters. The van der Waals surface area contributed by atoms with Gasteiger partial charge in [0, 0.05) is 0 Å². The van der Waals surface area contributed by atoms with E-state index in [2.05, 4.69) is 27.4 Å². The van der Waals surface area contributed by atoms with Crippen molar-refractivity contribution in [2.75, 3.05) is 0 Å². The fourth-order valence-corrected chi connectivity index (χ4v) is 4.12. The summed E-state index contributed by atoms with van der Waals surface area (Å²) in [6, 6.07) is 0. The molecule has 2 saturated carbocycles. The number of aliphatic hydroxyl groups is 1. The molecule has 1 N–H and O–H groups in total. The third-order valence-electron chi connectivity index (χ3n) is 5.16. The lowest BCUT2D eigenvalue weighted by molar-refractivity contribution is 0.0837. The maximum atomic E-state index is 10.2. The maximum Gasteiger partial charge on any atom is 0.0576 e. The molecule has 92 valence electrons. The average molecular weight is 222 g/mol. The minimum atomic E-state index is -0.0427. The molecule has 16 heavy (non-hydrogen) atoms. The van der Waals surface area contributed by atoms with Crippen molar-refractivity contribution in [3.63, 3.8) is 0 Å². The van der Waals surface area contributed by atoms with Crippen LogP contribution in [0, 0.1) is 29.6 Å². The van der Waals surface area contributed by atoms with Crippen molar-refractivity contribution in [3.05, 3.63) is 12.2 Å². The van der Waals surface area contributed by atoms with Crippen LogP contribution in [0.2, 0.25) is 0 Å². The smallest absolute Gasteiger partial charge is 0.0576 e. The Bertz CT molecular complexity index is 271. The van der Waals surface area contributed by atoms with Gasteiger partial charge in [-0.15, -0.1) is 0 Å². The van der Waals surface area contributed by atoms with Crippen LogP contribution in [0.4, 0.5) is 0 Å². The standard InChI is InChI=1S/C15H26O/c1-9(2)12-6-5-10(3)15-13(8-12)11(4)7-14(15)16/h10-16H,1,5-8H2,2-4H3/t10-,11-,12+,13?,14?,15?/m0/s1. The zero-order valence-corrected chi connectivity index (χ0v) is 10.9. The van der Waals surface area contributed by atoms with Gasteiger partial charge in [-0.3, -0.25) is 0 Å². The largest absolute Gasteiger partial charge is 0.393 e. The van der Waals surface area contributed by atoms with Gasteiger partial charge in [-0.05, 0) is 62.2 Å². The van der Waals surface area contributed by atoms with Crippen LogP contribution in [-0.2, 0) is 0 Å². The molecule has 0 radical (unpaired) electrons. The first kappa shape index (κ1) is 12.2. The van der Waals surface area contributed by atoms with E-state index in [1.165, 1.54) is 24.8 Å². The van der Waals surface area contributed by atoms with E-state index in [0.717, 1.165) is 12.3 Å². The van der Waals surface area contributed by atoms with Gasteiger partial charge in [0.15, 0.2) is 0 Å². The Morgan fingerprint density at radius 2 is 1.81 bits per heavy atom. The highest BCUT2D eigenvalue weighted by atomic mass is 16.3. The van der Waals surface area contributed by atoms with Crippen LogP contribution in [-0.4, -0.2) is 11.2 Å². The molecule has 0 spiro atoms. The van der Waals surface area contributed by atoms with E-state index in [9.17, 15) is 5.11 Å². The van der Waals surface area contributed by atoms with Gasteiger partial charge in [0.1, 0.15) is 0 Å². The van der Waals surface area contributed by atoms with Gasteiger partial charge in [-0.2, -0.15) is 0 Å². The van der Waals surface area contributed by atoms with Crippen LogP contribution in [0.3, 0.4) is 0 Å². The van der Waals surface area contributed by atoms with Crippen molar-refractivity contribution in [2.24, 2.45) is 29.6 Å². The monoisotopic (exact) mass is 222 g/mol. The molecule has 1 nitrogen and oxygen atoms in total. The fourth-order valence-electron chi connectivity index (χ4n) is 4.12. The summed E-state index contributed by atoms with van der Waals surface area (Å²) in [6.45, 7) is 11.0. The number of hydrogen-bond donors (Lipinski definition) is 1. The highest BCUT2D eigenvalue weighted by Gasteiger charge is 2.45. The van der Waals surface area contributed by atoms with E-state index >= 15 is 0 Å². The predicted molar refractivity (Wildman–Crippen MR) is 68.1 cm³/mol. The second-order valence-electron chi connectivity index (χ2n) is 6.36. The van der Waals surface area contributed by atoms with E-state index in [0.29, 0.717) is 23.7 Å². The molecule has 0 bridgehead atoms. The van der Waals surface area contributed by atoms with E-state index in [4.69, 9.17) is 0 Å². The third kappa shape index (κ3) is 2.07. The lowest BCUT2D eigenvalue weighted by atomic mass is 9.79. The van der Waals surface area contributed by atoms with Gasteiger partial charge in [-0.1, -0.05) is 26.0 Å². The SMILES string of the molecule is C=C(C)[C@@H]1CC[C@H](C)C2C(O)C[C@H](C)C2C1.